The quantitative estimate of drug-likeness (QED) is 0.447. The third-order valence-electron chi connectivity index (χ3n) is 4.67. The molecule has 30 heavy (non-hydrogen) atoms. The number of hydrogen-bond donors (Lipinski definition) is 1. The van der Waals surface area contributed by atoms with Gasteiger partial charge < -0.3 is 9.73 Å². The van der Waals surface area contributed by atoms with Crippen molar-refractivity contribution in [3.63, 3.8) is 0 Å². The van der Waals surface area contributed by atoms with Gasteiger partial charge in [0.1, 0.15) is 0 Å². The molecule has 2 aromatic carbocycles. The number of aryl methyl sites for hydroxylation is 1. The highest BCUT2D eigenvalue weighted by atomic mass is 35.5. The van der Waals surface area contributed by atoms with Gasteiger partial charge in [0.15, 0.2) is 11.7 Å². The van der Waals surface area contributed by atoms with Gasteiger partial charge in [0.25, 0.3) is 0 Å². The zero-order valence-corrected chi connectivity index (χ0v) is 16.9. The van der Waals surface area contributed by atoms with Gasteiger partial charge in [-0.15, -0.1) is 0 Å². The van der Waals surface area contributed by atoms with E-state index in [0.717, 1.165) is 16.8 Å². The summed E-state index contributed by atoms with van der Waals surface area (Å²) in [6.07, 6.45) is 4.06. The Morgan fingerprint density at radius 3 is 2.47 bits per heavy atom. The Morgan fingerprint density at radius 2 is 1.73 bits per heavy atom. The number of amides is 1. The molecule has 1 N–H and O–H groups in total. The van der Waals surface area contributed by atoms with Crippen LogP contribution in [0.25, 0.3) is 11.3 Å². The maximum Gasteiger partial charge on any atom is 0.221 e. The van der Waals surface area contributed by atoms with Crippen molar-refractivity contribution in [2.24, 2.45) is 0 Å². The van der Waals surface area contributed by atoms with Crippen LogP contribution >= 0.6 is 11.6 Å². The summed E-state index contributed by atoms with van der Waals surface area (Å²) in [5.74, 6) is 1.07. The first kappa shape index (κ1) is 19.9. The molecule has 0 radical (unpaired) electrons. The number of aromatic nitrogens is 2. The minimum absolute atomic E-state index is 0.0965. The van der Waals surface area contributed by atoms with Gasteiger partial charge in [-0.25, -0.2) is 4.98 Å². The number of pyridine rings is 1. The molecule has 6 heteroatoms. The zero-order chi connectivity index (χ0) is 20.8. The molecule has 4 aromatic rings. The smallest absolute Gasteiger partial charge is 0.221 e. The van der Waals surface area contributed by atoms with Crippen molar-refractivity contribution in [1.29, 1.82) is 0 Å². The number of halogens is 1. The highest BCUT2D eigenvalue weighted by Crippen LogP contribution is 2.23. The van der Waals surface area contributed by atoms with Gasteiger partial charge in [-0.05, 0) is 42.0 Å². The van der Waals surface area contributed by atoms with Crippen LogP contribution in [0.5, 0.6) is 0 Å². The highest BCUT2D eigenvalue weighted by Gasteiger charge is 2.18. The molecule has 0 aliphatic heterocycles. The van der Waals surface area contributed by atoms with E-state index < -0.39 is 0 Å². The summed E-state index contributed by atoms with van der Waals surface area (Å²) in [6.45, 7) is 0. The van der Waals surface area contributed by atoms with Gasteiger partial charge in [-0.1, -0.05) is 48.0 Å². The molecule has 0 saturated heterocycles. The maximum absolute atomic E-state index is 12.7. The van der Waals surface area contributed by atoms with Gasteiger partial charge in [-0.3, -0.25) is 9.78 Å². The molecule has 2 heterocycles. The number of carbonyl (C=O) groups excluding carboxylic acids is 1. The second-order valence-electron chi connectivity index (χ2n) is 6.79. The first-order valence-corrected chi connectivity index (χ1v) is 10.0. The predicted molar refractivity (Wildman–Crippen MR) is 116 cm³/mol. The number of carbonyl (C=O) groups is 1. The minimum atomic E-state index is -0.311. The van der Waals surface area contributed by atoms with Crippen molar-refractivity contribution in [3.05, 3.63) is 107 Å². The molecule has 1 unspecified atom stereocenters. The Hall–Kier alpha value is -3.44. The minimum Gasteiger partial charge on any atom is -0.441 e. The summed E-state index contributed by atoms with van der Waals surface area (Å²) in [5, 5.41) is 3.74. The summed E-state index contributed by atoms with van der Waals surface area (Å²) < 4.78 is 5.79. The lowest BCUT2D eigenvalue weighted by atomic mass is 10.0. The lowest BCUT2D eigenvalue weighted by Gasteiger charge is -2.18. The Kier molecular flexibility index (Phi) is 6.20. The second kappa shape index (κ2) is 9.37. The van der Waals surface area contributed by atoms with Crippen LogP contribution in [0.3, 0.4) is 0 Å². The number of oxazole rings is 1. The van der Waals surface area contributed by atoms with Crippen LogP contribution in [-0.2, 0) is 11.2 Å². The molecule has 0 aliphatic rings. The molecule has 0 saturated carbocycles. The van der Waals surface area contributed by atoms with Crippen LogP contribution in [0.4, 0.5) is 0 Å². The van der Waals surface area contributed by atoms with Gasteiger partial charge >= 0.3 is 0 Å². The fourth-order valence-corrected chi connectivity index (χ4v) is 3.27. The Labute approximate surface area is 179 Å². The van der Waals surface area contributed by atoms with Gasteiger partial charge in [-0.2, -0.15) is 0 Å². The van der Waals surface area contributed by atoms with E-state index in [9.17, 15) is 4.79 Å². The fraction of sp³-hybridized carbons (Fsp3) is 0.125. The molecule has 0 spiro atoms. The van der Waals surface area contributed by atoms with E-state index in [4.69, 9.17) is 16.0 Å². The van der Waals surface area contributed by atoms with Crippen molar-refractivity contribution in [2.75, 3.05) is 0 Å². The Bertz CT molecular complexity index is 1060. The molecule has 5 nitrogen and oxygen atoms in total. The van der Waals surface area contributed by atoms with Crippen LogP contribution < -0.4 is 5.32 Å². The Balaban J connectivity index is 1.41. The van der Waals surface area contributed by atoms with Crippen molar-refractivity contribution in [2.45, 2.75) is 18.9 Å². The molecule has 0 bridgehead atoms. The van der Waals surface area contributed by atoms with Gasteiger partial charge in [0.05, 0.1) is 17.9 Å². The van der Waals surface area contributed by atoms with Gasteiger partial charge in [0, 0.05) is 29.6 Å². The third-order valence-corrected chi connectivity index (χ3v) is 4.92. The maximum atomic E-state index is 12.7. The summed E-state index contributed by atoms with van der Waals surface area (Å²) in [6, 6.07) is 22.5. The molecular weight excluding hydrogens is 398 g/mol. The monoisotopic (exact) mass is 417 g/mol. The van der Waals surface area contributed by atoms with Crippen molar-refractivity contribution >= 4 is 17.5 Å². The van der Waals surface area contributed by atoms with E-state index in [1.165, 1.54) is 0 Å². The topological polar surface area (TPSA) is 68.0 Å². The normalized spacial score (nSPS) is 11.8. The molecular formula is C24H20ClN3O2. The molecule has 1 amide bonds. The molecule has 4 rings (SSSR count). The molecule has 1 atom stereocenters. The van der Waals surface area contributed by atoms with Crippen LogP contribution in [0.15, 0.2) is 89.6 Å². The highest BCUT2D eigenvalue weighted by molar-refractivity contribution is 6.30. The summed E-state index contributed by atoms with van der Waals surface area (Å²) >= 11 is 5.92. The predicted octanol–water partition coefficient (Wildman–Crippen LogP) is 5.23. The summed E-state index contributed by atoms with van der Waals surface area (Å²) in [4.78, 5) is 21.4. The van der Waals surface area contributed by atoms with E-state index in [-0.39, 0.29) is 18.4 Å². The largest absolute Gasteiger partial charge is 0.441 e. The number of hydrogen-bond acceptors (Lipinski definition) is 4. The standard InChI is InChI=1S/C24H20ClN3O2/c25-19-11-9-17(10-12-19)21-16-27-23(30-21)14-13-22(29)28-24(18-6-2-1-3-7-18)20-8-4-5-15-26-20/h1-12,15-16,24H,13-14H2,(H,28,29). The molecule has 150 valence electrons. The van der Waals surface area contributed by atoms with Crippen molar-refractivity contribution < 1.29 is 9.21 Å². The van der Waals surface area contributed by atoms with E-state index in [0.29, 0.717) is 23.1 Å². The van der Waals surface area contributed by atoms with Gasteiger partial charge in [0.2, 0.25) is 5.91 Å². The molecule has 0 fully saturated rings. The lowest BCUT2D eigenvalue weighted by molar-refractivity contribution is -0.121. The average molecular weight is 418 g/mol. The van der Waals surface area contributed by atoms with E-state index in [1.807, 2.05) is 60.7 Å². The van der Waals surface area contributed by atoms with E-state index in [1.54, 1.807) is 24.5 Å². The van der Waals surface area contributed by atoms with Crippen molar-refractivity contribution in [1.82, 2.24) is 15.3 Å². The average Bonchev–Trinajstić information content (AvgIpc) is 3.27. The first-order chi connectivity index (χ1) is 14.7. The first-order valence-electron chi connectivity index (χ1n) is 9.65. The lowest BCUT2D eigenvalue weighted by Crippen LogP contribution is -2.30. The number of benzene rings is 2. The number of nitrogens with one attached hydrogen (secondary N) is 1. The van der Waals surface area contributed by atoms with E-state index >= 15 is 0 Å². The van der Waals surface area contributed by atoms with Crippen LogP contribution in [-0.4, -0.2) is 15.9 Å². The SMILES string of the molecule is O=C(CCc1ncc(-c2ccc(Cl)cc2)o1)NC(c1ccccc1)c1ccccn1. The third kappa shape index (κ3) is 4.93. The van der Waals surface area contributed by atoms with Crippen molar-refractivity contribution in [3.8, 4) is 11.3 Å². The zero-order valence-electron chi connectivity index (χ0n) is 16.2. The van der Waals surface area contributed by atoms with E-state index in [2.05, 4.69) is 15.3 Å². The number of nitrogens with zero attached hydrogens (tertiary/aromatic N) is 2. The fourth-order valence-electron chi connectivity index (χ4n) is 3.15. The molecule has 2 aromatic heterocycles. The summed E-state index contributed by atoms with van der Waals surface area (Å²) in [5.41, 5.74) is 2.66. The van der Waals surface area contributed by atoms with Crippen LogP contribution in [0, 0.1) is 0 Å². The van der Waals surface area contributed by atoms with Crippen LogP contribution in [0.1, 0.15) is 29.6 Å². The summed E-state index contributed by atoms with van der Waals surface area (Å²) in [7, 11) is 0. The number of rotatable bonds is 7. The Morgan fingerprint density at radius 1 is 0.967 bits per heavy atom. The van der Waals surface area contributed by atoms with Crippen LogP contribution in [0.2, 0.25) is 5.02 Å². The molecule has 0 aliphatic carbocycles. The second-order valence-corrected chi connectivity index (χ2v) is 7.23.